The Kier molecular flexibility index (Phi) is 8.20. The summed E-state index contributed by atoms with van der Waals surface area (Å²) >= 11 is 6.44. The molecule has 2 aromatic heterocycles. The Balaban J connectivity index is 1.27. The zero-order chi connectivity index (χ0) is 27.4. The number of carbonyl (C=O) groups is 2. The van der Waals surface area contributed by atoms with Crippen molar-refractivity contribution >= 4 is 29.4 Å². The first-order valence-electron chi connectivity index (χ1n) is 12.7. The number of rotatable bonds is 9. The number of aromatic nitrogens is 3. The molecule has 12 heteroatoms. The molecule has 0 saturated carbocycles. The van der Waals surface area contributed by atoms with Gasteiger partial charge in [0.15, 0.2) is 0 Å². The van der Waals surface area contributed by atoms with E-state index >= 15 is 0 Å². The van der Waals surface area contributed by atoms with Crippen LogP contribution in [0.15, 0.2) is 42.6 Å². The summed E-state index contributed by atoms with van der Waals surface area (Å²) in [5, 5.41) is 16.3. The fraction of sp³-hybridized carbons (Fsp3) is 0.370. The minimum absolute atomic E-state index is 0.170. The molecular formula is C27H29ClN6O5. The average molecular weight is 553 g/mol. The fourth-order valence-corrected chi connectivity index (χ4v) is 4.86. The molecule has 2 aliphatic heterocycles. The van der Waals surface area contributed by atoms with Crippen LogP contribution in [0.1, 0.15) is 40.5 Å². The third-order valence-corrected chi connectivity index (χ3v) is 7.00. The zero-order valence-corrected chi connectivity index (χ0v) is 22.1. The maximum atomic E-state index is 13.2. The molecule has 1 saturated heterocycles. The summed E-state index contributed by atoms with van der Waals surface area (Å²) in [6, 6.07) is 10.0. The van der Waals surface area contributed by atoms with Gasteiger partial charge in [-0.2, -0.15) is 0 Å². The lowest BCUT2D eigenvalue weighted by atomic mass is 10.0. The molecule has 0 aliphatic carbocycles. The van der Waals surface area contributed by atoms with E-state index in [9.17, 15) is 14.7 Å². The average Bonchev–Trinajstić information content (AvgIpc) is 3.27. The van der Waals surface area contributed by atoms with Gasteiger partial charge in [0.05, 0.1) is 42.4 Å². The highest BCUT2D eigenvalue weighted by Gasteiger charge is 2.30. The predicted molar refractivity (Wildman–Crippen MR) is 143 cm³/mol. The first-order chi connectivity index (χ1) is 18.9. The molecule has 4 heterocycles. The maximum Gasteiger partial charge on any atom is 0.254 e. The number of fused-ring (bicyclic) bond motifs is 1. The molecule has 39 heavy (non-hydrogen) atoms. The fourth-order valence-electron chi connectivity index (χ4n) is 4.66. The van der Waals surface area contributed by atoms with Gasteiger partial charge in [0.2, 0.25) is 17.7 Å². The number of nitrogens with one attached hydrogen (secondary N) is 2. The van der Waals surface area contributed by atoms with Crippen molar-refractivity contribution in [1.82, 2.24) is 25.2 Å². The van der Waals surface area contributed by atoms with Gasteiger partial charge in [-0.05, 0) is 30.5 Å². The van der Waals surface area contributed by atoms with Crippen LogP contribution in [0.4, 0.5) is 5.95 Å². The van der Waals surface area contributed by atoms with Crippen molar-refractivity contribution in [3.8, 4) is 17.1 Å². The Morgan fingerprint density at radius 2 is 2.08 bits per heavy atom. The third-order valence-electron chi connectivity index (χ3n) is 6.72. The molecular weight excluding hydrogens is 524 g/mol. The van der Waals surface area contributed by atoms with Crippen molar-refractivity contribution in [3.05, 3.63) is 64.4 Å². The monoisotopic (exact) mass is 552 g/mol. The van der Waals surface area contributed by atoms with Crippen LogP contribution in [-0.2, 0) is 16.1 Å². The zero-order valence-electron chi connectivity index (χ0n) is 21.4. The number of aliphatic hydroxyl groups excluding tert-OH is 1. The van der Waals surface area contributed by atoms with Crippen LogP contribution in [0.2, 0.25) is 5.02 Å². The first kappa shape index (κ1) is 26.8. The van der Waals surface area contributed by atoms with E-state index in [-0.39, 0.29) is 31.6 Å². The Morgan fingerprint density at radius 1 is 1.26 bits per heavy atom. The number of pyridine rings is 1. The van der Waals surface area contributed by atoms with E-state index in [1.807, 2.05) is 12.1 Å². The SMILES string of the molecule is COc1cccc([C@@H](CO)NC(=O)CN2Cc3ccc(-c4nc(NC5CCOCC5)ncc4Cl)cc3C2=O)n1. The van der Waals surface area contributed by atoms with Crippen molar-refractivity contribution < 1.29 is 24.2 Å². The van der Waals surface area contributed by atoms with Gasteiger partial charge >= 0.3 is 0 Å². The molecule has 0 bridgehead atoms. The van der Waals surface area contributed by atoms with Crippen LogP contribution < -0.4 is 15.4 Å². The number of aliphatic hydroxyl groups is 1. The van der Waals surface area contributed by atoms with Crippen LogP contribution in [0.5, 0.6) is 5.88 Å². The lowest BCUT2D eigenvalue weighted by molar-refractivity contribution is -0.122. The predicted octanol–water partition coefficient (Wildman–Crippen LogP) is 2.60. The lowest BCUT2D eigenvalue weighted by Gasteiger charge is -2.23. The molecule has 1 aromatic carbocycles. The van der Waals surface area contributed by atoms with Crippen LogP contribution in [0.3, 0.4) is 0 Å². The van der Waals surface area contributed by atoms with Crippen LogP contribution in [0.25, 0.3) is 11.3 Å². The highest BCUT2D eigenvalue weighted by Crippen LogP contribution is 2.31. The van der Waals surface area contributed by atoms with Crippen LogP contribution >= 0.6 is 11.6 Å². The summed E-state index contributed by atoms with van der Waals surface area (Å²) in [7, 11) is 1.49. The summed E-state index contributed by atoms with van der Waals surface area (Å²) in [4.78, 5) is 40.7. The number of ether oxygens (including phenoxy) is 2. The molecule has 2 amide bonds. The first-order valence-corrected chi connectivity index (χ1v) is 13.0. The van der Waals surface area contributed by atoms with Gasteiger partial charge in [-0.3, -0.25) is 9.59 Å². The minimum atomic E-state index is -0.733. The van der Waals surface area contributed by atoms with Crippen molar-refractivity contribution in [1.29, 1.82) is 0 Å². The molecule has 3 N–H and O–H groups in total. The number of benzene rings is 1. The van der Waals surface area contributed by atoms with Crippen molar-refractivity contribution in [2.45, 2.75) is 31.5 Å². The summed E-state index contributed by atoms with van der Waals surface area (Å²) in [5.41, 5.74) is 2.95. The second-order valence-corrected chi connectivity index (χ2v) is 9.77. The number of amides is 2. The van der Waals surface area contributed by atoms with E-state index in [0.29, 0.717) is 52.6 Å². The van der Waals surface area contributed by atoms with E-state index in [1.54, 1.807) is 30.5 Å². The number of anilines is 1. The summed E-state index contributed by atoms with van der Waals surface area (Å²) in [6.07, 6.45) is 3.28. The van der Waals surface area contributed by atoms with Gasteiger partial charge < -0.3 is 30.1 Å². The molecule has 0 radical (unpaired) electrons. The second kappa shape index (κ2) is 11.9. The van der Waals surface area contributed by atoms with Crippen LogP contribution in [0, 0.1) is 0 Å². The van der Waals surface area contributed by atoms with Crippen molar-refractivity contribution in [3.63, 3.8) is 0 Å². The Hall–Kier alpha value is -3.80. The van der Waals surface area contributed by atoms with Crippen molar-refractivity contribution in [2.75, 3.05) is 38.8 Å². The van der Waals surface area contributed by atoms with Crippen molar-refractivity contribution in [2.24, 2.45) is 0 Å². The standard InChI is InChI=1S/C27H29ClN6O5/c1-38-24-4-2-3-21(32-24)22(15-35)31-23(36)14-34-13-17-6-5-16(11-19(17)26(34)37)25-20(28)12-29-27(33-25)30-18-7-9-39-10-8-18/h2-6,11-12,18,22,35H,7-10,13-15H2,1H3,(H,31,36)(H,29,30,33)/t22-/m1/s1. The summed E-state index contributed by atoms with van der Waals surface area (Å²) in [5.74, 6) is 0.155. The number of nitrogens with zero attached hydrogens (tertiary/aromatic N) is 4. The Morgan fingerprint density at radius 3 is 2.85 bits per heavy atom. The number of halogens is 1. The molecule has 11 nitrogen and oxygen atoms in total. The van der Waals surface area contributed by atoms with Gasteiger partial charge in [0, 0.05) is 43.0 Å². The third kappa shape index (κ3) is 6.11. The number of carbonyl (C=O) groups excluding carboxylic acids is 2. The minimum Gasteiger partial charge on any atom is -0.481 e. The highest BCUT2D eigenvalue weighted by atomic mass is 35.5. The summed E-state index contributed by atoms with van der Waals surface area (Å²) < 4.78 is 10.5. The van der Waals surface area contributed by atoms with E-state index in [1.165, 1.54) is 12.0 Å². The quantitative estimate of drug-likeness (QED) is 0.365. The molecule has 204 valence electrons. The van der Waals surface area contributed by atoms with E-state index < -0.39 is 11.9 Å². The number of hydrogen-bond acceptors (Lipinski definition) is 9. The topological polar surface area (TPSA) is 139 Å². The van der Waals surface area contributed by atoms with Crippen LogP contribution in [-0.4, -0.2) is 76.3 Å². The molecule has 5 rings (SSSR count). The molecule has 3 aromatic rings. The molecule has 1 fully saturated rings. The summed E-state index contributed by atoms with van der Waals surface area (Å²) in [6.45, 7) is 1.15. The van der Waals surface area contributed by atoms with Gasteiger partial charge in [0.1, 0.15) is 6.54 Å². The van der Waals surface area contributed by atoms with Gasteiger partial charge in [-0.1, -0.05) is 29.8 Å². The molecule has 2 aliphatic rings. The normalized spacial score (nSPS) is 16.1. The Bertz CT molecular complexity index is 1370. The molecule has 0 unspecified atom stereocenters. The highest BCUT2D eigenvalue weighted by molar-refractivity contribution is 6.33. The van der Waals surface area contributed by atoms with Gasteiger partial charge in [-0.25, -0.2) is 15.0 Å². The van der Waals surface area contributed by atoms with Gasteiger partial charge in [0.25, 0.3) is 5.91 Å². The van der Waals surface area contributed by atoms with E-state index in [0.717, 1.165) is 18.4 Å². The number of methoxy groups -OCH3 is 1. The molecule has 0 spiro atoms. The number of hydrogen-bond donors (Lipinski definition) is 3. The second-order valence-electron chi connectivity index (χ2n) is 9.36. The maximum absolute atomic E-state index is 13.2. The Labute approximate surface area is 230 Å². The largest absolute Gasteiger partial charge is 0.481 e. The van der Waals surface area contributed by atoms with E-state index in [2.05, 4.69) is 25.6 Å². The van der Waals surface area contributed by atoms with E-state index in [4.69, 9.17) is 21.1 Å². The molecule has 1 atom stereocenters. The smallest absolute Gasteiger partial charge is 0.254 e. The van der Waals surface area contributed by atoms with Gasteiger partial charge in [-0.15, -0.1) is 0 Å². The lowest BCUT2D eigenvalue weighted by Crippen LogP contribution is -2.40.